The van der Waals surface area contributed by atoms with E-state index < -0.39 is 78.1 Å². The number of rotatable bonds is 41. The van der Waals surface area contributed by atoms with Crippen LogP contribution in [0.1, 0.15) is 212 Å². The monoisotopic (exact) mass is 1860 g/mol. The molecule has 8 rings (SSSR count). The first-order valence-corrected chi connectivity index (χ1v) is 44.5. The summed E-state index contributed by atoms with van der Waals surface area (Å²) >= 11 is 10.9. The van der Waals surface area contributed by atoms with E-state index in [1.54, 1.807) is 13.8 Å². The Labute approximate surface area is 751 Å². The lowest BCUT2D eigenvalue weighted by Crippen LogP contribution is -2.45. The van der Waals surface area contributed by atoms with Crippen LogP contribution in [0.25, 0.3) is 0 Å². The number of hydrogen-bond acceptors (Lipinski definition) is 34. The molecule has 0 radical (unpaired) electrons. The minimum Gasteiger partial charge on any atom is -0.861 e. The topological polar surface area (TPSA) is 581 Å². The predicted octanol–water partition coefficient (Wildman–Crippen LogP) is 1.71. The van der Waals surface area contributed by atoms with Crippen LogP contribution in [0.15, 0.2) is 41.5 Å². The number of carbonyl (C=O) groups is 22. The zero-order valence-corrected chi connectivity index (χ0v) is 75.5. The van der Waals surface area contributed by atoms with E-state index in [0.29, 0.717) is 43.8 Å². The summed E-state index contributed by atoms with van der Waals surface area (Å²) in [5, 5.41) is 40.5. The molecular formula is C78H117N16O26S5-. The van der Waals surface area contributed by atoms with Crippen LogP contribution < -0.4 is 42.7 Å². The summed E-state index contributed by atoms with van der Waals surface area (Å²) in [5.41, 5.74) is 7.65. The number of nitro groups is 1. The summed E-state index contributed by atoms with van der Waals surface area (Å²) in [4.78, 5) is 270. The van der Waals surface area contributed by atoms with Crippen LogP contribution in [0.3, 0.4) is 0 Å². The minimum absolute atomic E-state index is 0. The van der Waals surface area contributed by atoms with Gasteiger partial charge in [0, 0.05) is 189 Å². The number of nitrogens with zero attached hydrogens (tertiary/aromatic N) is 9. The maximum atomic E-state index is 12.5. The van der Waals surface area contributed by atoms with Crippen molar-refractivity contribution < 1.29 is 125 Å². The van der Waals surface area contributed by atoms with E-state index in [-0.39, 0.29) is 222 Å². The number of unbranched alkanes of at least 4 members (excludes halogenated alkanes) is 4. The Bertz CT molecular complexity index is 3900. The second kappa shape index (κ2) is 59.5. The highest BCUT2D eigenvalue weighted by molar-refractivity contribution is 8.15. The normalized spacial score (nSPS) is 18.2. The third kappa shape index (κ3) is 40.2. The molecule has 7 heterocycles. The summed E-state index contributed by atoms with van der Waals surface area (Å²) in [6, 6.07) is 4.27. The molecule has 1 aromatic rings. The first kappa shape index (κ1) is 109. The van der Waals surface area contributed by atoms with Crippen LogP contribution >= 0.6 is 60.5 Å². The Hall–Kier alpha value is -10.4. The SMILES string of the molecule is CC(=O)NNC(C=O)CS.CC(=O)c1ccc([N+](=O)[O-])cc1.CCCCNC(=O)CCN1C(=O)C=CC1=O.CCCCNC(=O)CCN1C(=O)CC(SC(=O)[C@@H](CS)NN=C(C)[O-])C1=O.CCCCNC(=O)CCN1C(=O)CC(SC(C)N2C(=O)CCC2=O)C1=O.CCCCNC(=O)CCN1C(=O)CC(SC(C)N2C(=O)CCC2=O)C1=O.O=C1CCC(=O)N1O.[2H][3H].[3HH]. The largest absolute Gasteiger partial charge is 0.861 e. The molecule has 7 aliphatic heterocycles. The van der Waals surface area contributed by atoms with Crippen molar-refractivity contribution in [3.05, 3.63) is 52.1 Å². The standard InChI is InChI=1S/2C17H25N3O5S.C16H26N4O5S2.C11H16N2O3.C8H7NO3.C5H10N2O2S.C4H5NO3.2H2/c2*1-3-4-8-18-13(21)7-9-19-16(24)10-12(17(19)25)26-11(2)20-14(22)5-6-15(20)23;1-3-4-6-17-13(22)5-7-20-14(23)8-12(15(20)24)27-16(25)11(9-26)19-18-10(2)21;1-2-3-7-12-9(14)6-8-13-10(15)4-5-11(13)16;1-6(10)7-2-4-8(5-3-7)9(11)12;1-4(9)6-7-5(2-8)3-10;6-3-1-2-4(7)5(3)8;;/h2*11-12H,3-10H2,1-2H3,(H,18,21);11-12,19,26H,3-9H2,1-2H3,(H,17,22)(H,18,21);4-5H,2-3,6-8H2,1H3,(H,12,14);2-5H,1H3;2,5,7,10H,3H2,1H3,(H,6,9);8H,1-2H2;2*1H/p-1/t;;11-,12?;;;;;;/m..1....../s1/i;;;;;;;1+2D;1+2. The van der Waals surface area contributed by atoms with Crippen LogP contribution in [-0.4, -0.2) is 282 Å². The molecule has 6 fully saturated rings. The van der Waals surface area contributed by atoms with Crippen molar-refractivity contribution in [1.29, 1.82) is 0 Å². The van der Waals surface area contributed by atoms with E-state index in [0.717, 1.165) is 106 Å². The Morgan fingerprint density at radius 2 is 0.880 bits per heavy atom. The first-order chi connectivity index (χ1) is 60.2. The molecule has 7 aliphatic rings. The highest BCUT2D eigenvalue weighted by Crippen LogP contribution is 2.35. The van der Waals surface area contributed by atoms with E-state index in [9.17, 15) is 121 Å². The number of nitrogens with one attached hydrogen (secondary N) is 7. The Morgan fingerprint density at radius 3 is 1.17 bits per heavy atom. The number of Topliss-reactive ketones (excluding diaryl/α,β-unsaturated/α-hetero) is 1. The lowest BCUT2D eigenvalue weighted by Gasteiger charge is -2.24. The molecule has 0 bridgehead atoms. The number of likely N-dealkylation sites (tertiary alicyclic amines) is 5. The second-order valence-corrected chi connectivity index (χ2v) is 33.1. The summed E-state index contributed by atoms with van der Waals surface area (Å²) < 4.78 is 10.0. The number of imide groups is 7. The lowest BCUT2D eigenvalue weighted by molar-refractivity contribution is -0.384. The molecule has 7 atom stereocenters. The van der Waals surface area contributed by atoms with Gasteiger partial charge in [0.25, 0.3) is 29.3 Å². The van der Waals surface area contributed by atoms with Gasteiger partial charge in [-0.25, -0.2) is 10.5 Å². The molecule has 696 valence electrons. The van der Waals surface area contributed by atoms with Gasteiger partial charge in [0.1, 0.15) is 17.6 Å². The number of ketones is 1. The van der Waals surface area contributed by atoms with Crippen molar-refractivity contribution in [2.24, 2.45) is 5.10 Å². The third-order valence-corrected chi connectivity index (χ3v) is 22.7. The molecule has 6 saturated heterocycles. The van der Waals surface area contributed by atoms with Crippen LogP contribution in [0.2, 0.25) is 0 Å². The van der Waals surface area contributed by atoms with Gasteiger partial charge in [0.15, 0.2) is 5.78 Å². The number of aldehydes is 1. The number of hydrogen-bond donors (Lipinski definition) is 10. The molecule has 125 heavy (non-hydrogen) atoms. The van der Waals surface area contributed by atoms with E-state index in [1.165, 1.54) is 67.0 Å². The van der Waals surface area contributed by atoms with Gasteiger partial charge in [0.2, 0.25) is 93.7 Å². The van der Waals surface area contributed by atoms with E-state index in [4.69, 9.17) is 8.18 Å². The average molecular weight is 1860 g/mol. The molecule has 42 nitrogen and oxygen atoms in total. The van der Waals surface area contributed by atoms with Crippen molar-refractivity contribution in [1.82, 2.24) is 72.0 Å². The number of benzene rings is 1. The Kier molecular flexibility index (Phi) is 51.8. The number of thioether (sulfide) groups is 3. The fourth-order valence-corrected chi connectivity index (χ4v) is 15.5. The van der Waals surface area contributed by atoms with Crippen molar-refractivity contribution in [2.75, 3.05) is 63.9 Å². The summed E-state index contributed by atoms with van der Waals surface area (Å²) in [6.45, 7) is 18.1. The molecule has 0 aromatic heterocycles. The van der Waals surface area contributed by atoms with Crippen molar-refractivity contribution in [2.45, 2.75) is 236 Å². The van der Waals surface area contributed by atoms with Crippen molar-refractivity contribution in [3.63, 3.8) is 0 Å². The average Bonchev–Trinajstić information content (AvgIpc) is 1.67. The summed E-state index contributed by atoms with van der Waals surface area (Å²) in [5.74, 6) is -5.98. The van der Waals surface area contributed by atoms with Gasteiger partial charge in [-0.05, 0) is 71.4 Å². The number of hydrazine groups is 1. The van der Waals surface area contributed by atoms with Gasteiger partial charge in [-0.3, -0.25) is 156 Å². The fourth-order valence-electron chi connectivity index (χ4n) is 11.3. The zero-order chi connectivity index (χ0) is 96.2. The molecule has 1 aromatic carbocycles. The molecule has 0 saturated carbocycles. The maximum absolute atomic E-state index is 12.5. The van der Waals surface area contributed by atoms with Crippen LogP contribution in [0, 0.1) is 10.1 Å². The van der Waals surface area contributed by atoms with Crippen LogP contribution in [0.4, 0.5) is 5.69 Å². The van der Waals surface area contributed by atoms with Gasteiger partial charge >= 0.3 is 0 Å². The van der Waals surface area contributed by atoms with Crippen molar-refractivity contribution >= 4 is 202 Å². The van der Waals surface area contributed by atoms with Crippen LogP contribution in [-0.2, 0) is 101 Å². The molecular weight excluding hydrogens is 1740 g/mol. The lowest BCUT2D eigenvalue weighted by atomic mass is 10.1. The molecule has 0 aliphatic carbocycles. The van der Waals surface area contributed by atoms with Gasteiger partial charge in [-0.1, -0.05) is 65.1 Å². The van der Waals surface area contributed by atoms with Gasteiger partial charge in [-0.2, -0.15) is 30.3 Å². The summed E-state index contributed by atoms with van der Waals surface area (Å²) in [7, 11) is 0. The number of carbonyl (C=O) groups excluding carboxylic acids is 22. The smallest absolute Gasteiger partial charge is 0.269 e. The Morgan fingerprint density at radius 1 is 0.544 bits per heavy atom. The quantitative estimate of drug-likeness (QED) is 0.00426. The molecule has 6 unspecified atom stereocenters. The van der Waals surface area contributed by atoms with Crippen LogP contribution in [0.5, 0.6) is 0 Å². The number of amides is 19. The van der Waals surface area contributed by atoms with E-state index >= 15 is 0 Å². The summed E-state index contributed by atoms with van der Waals surface area (Å²) in [6.07, 6.45) is 12.0. The van der Waals surface area contributed by atoms with Crippen molar-refractivity contribution in [3.8, 4) is 0 Å². The number of thiol groups is 2. The van der Waals surface area contributed by atoms with Gasteiger partial charge in [-0.15, -0.1) is 23.5 Å². The molecule has 0 spiro atoms. The maximum Gasteiger partial charge on any atom is 0.269 e. The number of hydroxylamine groups is 2. The fraction of sp³-hybridized carbons (Fsp3) is 0.603. The number of hydrazone groups is 1. The molecule has 8 N–H and O–H groups in total. The number of nitro benzene ring substituents is 1. The minimum atomic E-state index is -0.844. The number of non-ortho nitro benzene ring substituents is 1. The second-order valence-electron chi connectivity index (χ2n) is 28.1. The highest BCUT2D eigenvalue weighted by atomic mass is 32.2. The highest BCUT2D eigenvalue weighted by Gasteiger charge is 2.45. The molecule has 47 heteroatoms. The zero-order valence-electron chi connectivity index (χ0n) is 73.3. The Balaban J connectivity index is 0.00000152. The third-order valence-electron chi connectivity index (χ3n) is 18.2. The van der Waals surface area contributed by atoms with Gasteiger partial charge in [0.05, 0.1) is 32.2 Å². The van der Waals surface area contributed by atoms with Gasteiger partial charge < -0.3 is 31.2 Å². The first-order valence-electron chi connectivity index (χ1n) is 41.5. The molecule has 19 amide bonds. The predicted molar refractivity (Wildman–Crippen MR) is 465 cm³/mol. The van der Waals surface area contributed by atoms with E-state index in [2.05, 4.69) is 67.9 Å². The van der Waals surface area contributed by atoms with E-state index in [1.807, 2.05) is 27.7 Å².